The monoisotopic (exact) mass is 330 g/mol. The number of nitrogens with two attached hydrogens (primary N) is 1. The third kappa shape index (κ3) is 5.68. The van der Waals surface area contributed by atoms with Crippen LogP contribution in [0.1, 0.15) is 38.1 Å². The summed E-state index contributed by atoms with van der Waals surface area (Å²) in [5, 5.41) is 8.22. The van der Waals surface area contributed by atoms with E-state index in [0.717, 1.165) is 4.90 Å². The molecule has 0 saturated heterocycles. The van der Waals surface area contributed by atoms with Gasteiger partial charge in [0.05, 0.1) is 10.5 Å². The van der Waals surface area contributed by atoms with E-state index in [1.165, 1.54) is 23.9 Å². The van der Waals surface area contributed by atoms with E-state index in [1.54, 1.807) is 6.07 Å². The van der Waals surface area contributed by atoms with Gasteiger partial charge in [0.25, 0.3) is 5.91 Å². The minimum absolute atomic E-state index is 0.0506. The molecule has 0 fully saturated rings. The van der Waals surface area contributed by atoms with Crippen molar-refractivity contribution in [3.8, 4) is 0 Å². The predicted molar refractivity (Wildman–Crippen MR) is 86.0 cm³/mol. The van der Waals surface area contributed by atoms with Gasteiger partial charge >= 0.3 is 0 Å². The quantitative estimate of drug-likeness (QED) is 0.783. The first-order valence-electron chi connectivity index (χ1n) is 6.73. The van der Waals surface area contributed by atoms with Gasteiger partial charge in [-0.3, -0.25) is 4.79 Å². The first-order chi connectivity index (χ1) is 9.61. The molecule has 0 bridgehead atoms. The lowest BCUT2D eigenvalue weighted by Gasteiger charge is -2.14. The van der Waals surface area contributed by atoms with Crippen LogP contribution >= 0.6 is 11.8 Å². The molecule has 5 nitrogen and oxygen atoms in total. The number of nitrogens with one attached hydrogen (secondary N) is 1. The summed E-state index contributed by atoms with van der Waals surface area (Å²) in [6.07, 6.45) is 0. The number of rotatable bonds is 6. The Balaban J connectivity index is 3.19. The topological polar surface area (TPSA) is 89.3 Å². The molecule has 1 aromatic carbocycles. The highest BCUT2D eigenvalue weighted by Crippen LogP contribution is 2.28. The average Bonchev–Trinajstić information content (AvgIpc) is 2.34. The minimum Gasteiger partial charge on any atom is -0.352 e. The lowest BCUT2D eigenvalue weighted by atomic mass is 10.2. The third-order valence-electron chi connectivity index (χ3n) is 2.56. The van der Waals surface area contributed by atoms with Crippen LogP contribution in [-0.2, 0) is 10.0 Å². The van der Waals surface area contributed by atoms with Crippen molar-refractivity contribution in [1.82, 2.24) is 5.32 Å². The number of thioether (sulfide) groups is 1. The van der Waals surface area contributed by atoms with Crippen LogP contribution in [-0.4, -0.2) is 26.1 Å². The normalized spacial score (nSPS) is 12.0. The second-order valence-corrected chi connectivity index (χ2v) is 8.65. The van der Waals surface area contributed by atoms with E-state index >= 15 is 0 Å². The molecule has 0 spiro atoms. The summed E-state index contributed by atoms with van der Waals surface area (Å²) in [7, 11) is -3.82. The van der Waals surface area contributed by atoms with Gasteiger partial charge in [0, 0.05) is 16.7 Å². The van der Waals surface area contributed by atoms with Crippen molar-refractivity contribution in [2.75, 3.05) is 6.54 Å². The lowest BCUT2D eigenvalue weighted by molar-refractivity contribution is 0.0946. The molecule has 118 valence electrons. The highest BCUT2D eigenvalue weighted by Gasteiger charge is 2.17. The van der Waals surface area contributed by atoms with Crippen LogP contribution in [0.2, 0.25) is 0 Å². The minimum atomic E-state index is -3.82. The molecule has 0 aliphatic heterocycles. The number of hydrogen-bond donors (Lipinski definition) is 2. The van der Waals surface area contributed by atoms with Crippen molar-refractivity contribution in [1.29, 1.82) is 0 Å². The van der Waals surface area contributed by atoms with E-state index in [0.29, 0.717) is 18.0 Å². The standard InChI is InChI=1S/C14H22N2O3S2/c1-9(2)8-16-14(17)12-7-11(21(15,18)19)5-6-13(12)20-10(3)4/h5-7,9-10H,8H2,1-4H3,(H,16,17)(H2,15,18,19). The second kappa shape index (κ2) is 7.29. The van der Waals surface area contributed by atoms with Gasteiger partial charge in [0.2, 0.25) is 10.0 Å². The molecule has 7 heteroatoms. The first kappa shape index (κ1) is 18.0. The highest BCUT2D eigenvalue weighted by molar-refractivity contribution is 8.00. The van der Waals surface area contributed by atoms with Crippen LogP contribution in [0.15, 0.2) is 28.0 Å². The Morgan fingerprint density at radius 3 is 2.38 bits per heavy atom. The van der Waals surface area contributed by atoms with Crippen molar-refractivity contribution in [2.45, 2.75) is 42.7 Å². The van der Waals surface area contributed by atoms with E-state index in [1.807, 2.05) is 27.7 Å². The van der Waals surface area contributed by atoms with Gasteiger partial charge in [-0.2, -0.15) is 0 Å². The van der Waals surface area contributed by atoms with Crippen LogP contribution in [0.5, 0.6) is 0 Å². The molecule has 0 atom stereocenters. The van der Waals surface area contributed by atoms with Crippen molar-refractivity contribution in [2.24, 2.45) is 11.1 Å². The Morgan fingerprint density at radius 2 is 1.90 bits per heavy atom. The molecule has 1 rings (SSSR count). The Hall–Kier alpha value is -1.05. The number of benzene rings is 1. The largest absolute Gasteiger partial charge is 0.352 e. The van der Waals surface area contributed by atoms with Crippen LogP contribution in [0.3, 0.4) is 0 Å². The summed E-state index contributed by atoms with van der Waals surface area (Å²) in [4.78, 5) is 13.0. The van der Waals surface area contributed by atoms with Gasteiger partial charge < -0.3 is 5.32 Å². The van der Waals surface area contributed by atoms with Gasteiger partial charge in [-0.15, -0.1) is 11.8 Å². The fourth-order valence-corrected chi connectivity index (χ4v) is 3.09. The predicted octanol–water partition coefficient (Wildman–Crippen LogP) is 2.22. The van der Waals surface area contributed by atoms with Gasteiger partial charge in [0.1, 0.15) is 0 Å². The van der Waals surface area contributed by atoms with Crippen LogP contribution < -0.4 is 10.5 Å². The van der Waals surface area contributed by atoms with E-state index in [-0.39, 0.29) is 16.1 Å². The van der Waals surface area contributed by atoms with Gasteiger partial charge in [-0.25, -0.2) is 13.6 Å². The number of carbonyl (C=O) groups excluding carboxylic acids is 1. The van der Waals surface area contributed by atoms with Crippen molar-refractivity contribution in [3.05, 3.63) is 23.8 Å². The second-order valence-electron chi connectivity index (χ2n) is 5.47. The van der Waals surface area contributed by atoms with E-state index in [9.17, 15) is 13.2 Å². The summed E-state index contributed by atoms with van der Waals surface area (Å²) < 4.78 is 22.9. The van der Waals surface area contributed by atoms with E-state index in [2.05, 4.69) is 5.32 Å². The van der Waals surface area contributed by atoms with Crippen LogP contribution in [0, 0.1) is 5.92 Å². The molecule has 0 radical (unpaired) electrons. The van der Waals surface area contributed by atoms with Gasteiger partial charge in [-0.05, 0) is 24.1 Å². The molecule has 0 saturated carbocycles. The zero-order valence-electron chi connectivity index (χ0n) is 12.7. The maximum absolute atomic E-state index is 12.3. The molecule has 3 N–H and O–H groups in total. The molecule has 0 heterocycles. The first-order valence-corrected chi connectivity index (χ1v) is 9.15. The molecule has 0 aliphatic carbocycles. The molecule has 1 amide bonds. The van der Waals surface area contributed by atoms with Gasteiger partial charge in [-0.1, -0.05) is 27.7 Å². The Morgan fingerprint density at radius 1 is 1.29 bits per heavy atom. The SMILES string of the molecule is CC(C)CNC(=O)c1cc(S(N)(=O)=O)ccc1SC(C)C. The van der Waals surface area contributed by atoms with E-state index < -0.39 is 10.0 Å². The summed E-state index contributed by atoms with van der Waals surface area (Å²) in [6, 6.07) is 4.41. The lowest BCUT2D eigenvalue weighted by Crippen LogP contribution is -2.28. The number of sulfonamides is 1. The fourth-order valence-electron chi connectivity index (χ4n) is 1.61. The van der Waals surface area contributed by atoms with Gasteiger partial charge in [0.15, 0.2) is 0 Å². The molecular formula is C14H22N2O3S2. The van der Waals surface area contributed by atoms with E-state index in [4.69, 9.17) is 5.14 Å². The molecule has 0 aliphatic rings. The van der Waals surface area contributed by atoms with Crippen molar-refractivity contribution in [3.63, 3.8) is 0 Å². The summed E-state index contributed by atoms with van der Waals surface area (Å²) in [5.74, 6) is 0.0360. The molecule has 1 aromatic rings. The highest BCUT2D eigenvalue weighted by atomic mass is 32.2. The maximum Gasteiger partial charge on any atom is 0.252 e. The zero-order chi connectivity index (χ0) is 16.2. The zero-order valence-corrected chi connectivity index (χ0v) is 14.3. The Labute approximate surface area is 130 Å². The van der Waals surface area contributed by atoms with Crippen molar-refractivity contribution >= 4 is 27.7 Å². The Bertz CT molecular complexity index is 611. The smallest absolute Gasteiger partial charge is 0.252 e. The summed E-state index contributed by atoms with van der Waals surface area (Å²) >= 11 is 1.51. The number of primary sulfonamides is 1. The Kier molecular flexibility index (Phi) is 6.24. The average molecular weight is 330 g/mol. The molecule has 21 heavy (non-hydrogen) atoms. The van der Waals surface area contributed by atoms with Crippen LogP contribution in [0.25, 0.3) is 0 Å². The molecular weight excluding hydrogens is 308 g/mol. The molecule has 0 unspecified atom stereocenters. The number of amides is 1. The number of hydrogen-bond acceptors (Lipinski definition) is 4. The summed E-state index contributed by atoms with van der Waals surface area (Å²) in [6.45, 7) is 8.53. The molecule has 0 aromatic heterocycles. The fraction of sp³-hybridized carbons (Fsp3) is 0.500. The van der Waals surface area contributed by atoms with Crippen molar-refractivity contribution < 1.29 is 13.2 Å². The number of carbonyl (C=O) groups is 1. The maximum atomic E-state index is 12.3. The summed E-state index contributed by atoms with van der Waals surface area (Å²) in [5.41, 5.74) is 0.348. The third-order valence-corrected chi connectivity index (χ3v) is 4.55. The van der Waals surface area contributed by atoms with Crippen LogP contribution in [0.4, 0.5) is 0 Å².